The fourth-order valence-corrected chi connectivity index (χ4v) is 2.21. The van der Waals surface area contributed by atoms with Crippen molar-refractivity contribution in [2.75, 3.05) is 0 Å². The highest BCUT2D eigenvalue weighted by Crippen LogP contribution is 2.26. The summed E-state index contributed by atoms with van der Waals surface area (Å²) in [4.78, 5) is 0. The van der Waals surface area contributed by atoms with Crippen LogP contribution in [0.15, 0.2) is 28.9 Å². The quantitative estimate of drug-likeness (QED) is 0.672. The zero-order valence-electron chi connectivity index (χ0n) is 8.02. The molecule has 4 nitrogen and oxygen atoms in total. The zero-order valence-corrected chi connectivity index (χ0v) is 10.4. The second-order valence-corrected chi connectivity index (χ2v) is 4.49. The van der Waals surface area contributed by atoms with Crippen LogP contribution in [0.4, 0.5) is 4.39 Å². The number of benzene rings is 1. The van der Waals surface area contributed by atoms with Crippen molar-refractivity contribution in [3.05, 3.63) is 45.9 Å². The van der Waals surface area contributed by atoms with Gasteiger partial charge >= 0.3 is 0 Å². The highest BCUT2D eigenvalue weighted by molar-refractivity contribution is 9.10. The van der Waals surface area contributed by atoms with Crippen LogP contribution in [-0.4, -0.2) is 8.75 Å². The molecule has 2 aromatic rings. The molecule has 0 saturated carbocycles. The molecule has 1 heterocycles. The van der Waals surface area contributed by atoms with E-state index in [2.05, 4.69) is 30.1 Å². The number of nitrogens with one attached hydrogen (secondary N) is 1. The van der Waals surface area contributed by atoms with E-state index in [9.17, 15) is 4.39 Å². The lowest BCUT2D eigenvalue weighted by molar-refractivity contribution is 0.551. The van der Waals surface area contributed by atoms with E-state index in [0.29, 0.717) is 15.7 Å². The first kappa shape index (κ1) is 11.6. The molecular weight excluding hydrogens is 295 g/mol. The highest BCUT2D eigenvalue weighted by atomic mass is 79.9. The van der Waals surface area contributed by atoms with Crippen LogP contribution in [0.1, 0.15) is 17.3 Å². The topological polar surface area (TPSA) is 63.8 Å². The molecule has 1 unspecified atom stereocenters. The van der Waals surface area contributed by atoms with Crippen molar-refractivity contribution < 1.29 is 4.39 Å². The van der Waals surface area contributed by atoms with Gasteiger partial charge in [0.05, 0.1) is 34.1 Å². The molecule has 1 aromatic carbocycles. The molecule has 7 heteroatoms. The highest BCUT2D eigenvalue weighted by Gasteiger charge is 2.19. The Balaban J connectivity index is 2.45. The summed E-state index contributed by atoms with van der Waals surface area (Å²) >= 11 is 4.19. The van der Waals surface area contributed by atoms with Crippen molar-refractivity contribution in [2.45, 2.75) is 6.04 Å². The van der Waals surface area contributed by atoms with E-state index in [1.807, 2.05) is 0 Å². The summed E-state index contributed by atoms with van der Waals surface area (Å²) in [5, 5.41) is 0. The lowest BCUT2D eigenvalue weighted by Crippen LogP contribution is -2.29. The van der Waals surface area contributed by atoms with E-state index in [0.717, 1.165) is 11.7 Å². The minimum Gasteiger partial charge on any atom is -0.271 e. The predicted molar refractivity (Wildman–Crippen MR) is 63.2 cm³/mol. The number of aromatic nitrogens is 2. The van der Waals surface area contributed by atoms with Crippen LogP contribution < -0.4 is 11.3 Å². The van der Waals surface area contributed by atoms with Gasteiger partial charge in [-0.25, -0.2) is 9.82 Å². The SMILES string of the molecule is NNC(c1cnsn1)c1cccc(Br)c1F. The molecular formula is C9H8BrFN4S. The van der Waals surface area contributed by atoms with Gasteiger partial charge in [-0.05, 0) is 22.0 Å². The standard InChI is InChI=1S/C9H8BrFN4S/c10-6-3-1-2-5(8(6)11)9(14-12)7-4-13-16-15-7/h1-4,9,14H,12H2. The summed E-state index contributed by atoms with van der Waals surface area (Å²) < 4.78 is 22.2. The molecule has 16 heavy (non-hydrogen) atoms. The molecule has 84 valence electrons. The maximum Gasteiger partial charge on any atom is 0.142 e. The minimum atomic E-state index is -0.490. The second kappa shape index (κ2) is 4.96. The molecule has 0 aliphatic rings. The Morgan fingerprint density at radius 3 is 2.94 bits per heavy atom. The molecule has 1 atom stereocenters. The summed E-state index contributed by atoms with van der Waals surface area (Å²) in [7, 11) is 0. The molecule has 0 radical (unpaired) electrons. The van der Waals surface area contributed by atoms with Gasteiger partial charge in [-0.2, -0.15) is 8.75 Å². The number of halogens is 2. The maximum absolute atomic E-state index is 13.8. The first-order valence-electron chi connectivity index (χ1n) is 4.41. The summed E-state index contributed by atoms with van der Waals surface area (Å²) in [6.45, 7) is 0. The molecule has 2 rings (SSSR count). The molecule has 0 saturated heterocycles. The summed E-state index contributed by atoms with van der Waals surface area (Å²) in [6.07, 6.45) is 1.57. The van der Waals surface area contributed by atoms with Crippen molar-refractivity contribution in [3.63, 3.8) is 0 Å². The maximum atomic E-state index is 13.8. The van der Waals surface area contributed by atoms with Crippen LogP contribution in [0.25, 0.3) is 0 Å². The number of hydrogen-bond acceptors (Lipinski definition) is 5. The number of nitrogens with zero attached hydrogens (tertiary/aromatic N) is 2. The molecule has 0 amide bonds. The van der Waals surface area contributed by atoms with E-state index >= 15 is 0 Å². The number of hydrazine groups is 1. The number of nitrogens with two attached hydrogens (primary N) is 1. The number of rotatable bonds is 3. The molecule has 3 N–H and O–H groups in total. The largest absolute Gasteiger partial charge is 0.271 e. The monoisotopic (exact) mass is 302 g/mol. The van der Waals surface area contributed by atoms with Gasteiger partial charge in [0.2, 0.25) is 0 Å². The zero-order chi connectivity index (χ0) is 11.5. The van der Waals surface area contributed by atoms with E-state index in [-0.39, 0.29) is 5.82 Å². The Morgan fingerprint density at radius 2 is 2.31 bits per heavy atom. The van der Waals surface area contributed by atoms with Crippen LogP contribution in [0.5, 0.6) is 0 Å². The average molecular weight is 303 g/mol. The van der Waals surface area contributed by atoms with E-state index in [1.165, 1.54) is 0 Å². The van der Waals surface area contributed by atoms with Gasteiger partial charge in [0.25, 0.3) is 0 Å². The van der Waals surface area contributed by atoms with E-state index in [4.69, 9.17) is 5.84 Å². The first-order valence-corrected chi connectivity index (χ1v) is 5.94. The van der Waals surface area contributed by atoms with Gasteiger partial charge in [0.1, 0.15) is 5.82 Å². The summed E-state index contributed by atoms with van der Waals surface area (Å²) in [5.74, 6) is 5.07. The van der Waals surface area contributed by atoms with Crippen molar-refractivity contribution in [2.24, 2.45) is 5.84 Å². The van der Waals surface area contributed by atoms with Gasteiger partial charge in [-0.15, -0.1) is 0 Å². The van der Waals surface area contributed by atoms with Gasteiger partial charge in [-0.1, -0.05) is 12.1 Å². The normalized spacial score (nSPS) is 12.7. The van der Waals surface area contributed by atoms with Gasteiger partial charge in [0, 0.05) is 5.56 Å². The van der Waals surface area contributed by atoms with Gasteiger partial charge < -0.3 is 0 Å². The third-order valence-electron chi connectivity index (χ3n) is 2.13. The Kier molecular flexibility index (Phi) is 3.59. The first-order chi connectivity index (χ1) is 7.74. The van der Waals surface area contributed by atoms with Crippen molar-refractivity contribution in [1.82, 2.24) is 14.2 Å². The average Bonchev–Trinajstić information content (AvgIpc) is 2.79. The second-order valence-electron chi connectivity index (χ2n) is 3.08. The Labute approximate surface area is 104 Å². The fourth-order valence-electron chi connectivity index (χ4n) is 1.38. The number of hydrogen-bond donors (Lipinski definition) is 2. The molecule has 0 aliphatic carbocycles. The van der Waals surface area contributed by atoms with Crippen LogP contribution in [-0.2, 0) is 0 Å². The fraction of sp³-hybridized carbons (Fsp3) is 0.111. The molecule has 0 spiro atoms. The van der Waals surface area contributed by atoms with Crippen LogP contribution in [0.2, 0.25) is 0 Å². The Bertz CT molecular complexity index is 476. The van der Waals surface area contributed by atoms with Crippen LogP contribution >= 0.6 is 27.7 Å². The summed E-state index contributed by atoms with van der Waals surface area (Å²) in [6, 6.07) is 4.54. The van der Waals surface area contributed by atoms with Crippen molar-refractivity contribution in [3.8, 4) is 0 Å². The third kappa shape index (κ3) is 2.12. The van der Waals surface area contributed by atoms with E-state index < -0.39 is 6.04 Å². The van der Waals surface area contributed by atoms with Crippen molar-refractivity contribution in [1.29, 1.82) is 0 Å². The van der Waals surface area contributed by atoms with Crippen LogP contribution in [0.3, 0.4) is 0 Å². The minimum absolute atomic E-state index is 0.349. The van der Waals surface area contributed by atoms with Gasteiger partial charge in [0.15, 0.2) is 0 Å². The molecule has 1 aromatic heterocycles. The predicted octanol–water partition coefficient (Wildman–Crippen LogP) is 1.99. The van der Waals surface area contributed by atoms with Crippen molar-refractivity contribution >= 4 is 27.7 Å². The third-order valence-corrected chi connectivity index (χ3v) is 3.24. The smallest absolute Gasteiger partial charge is 0.142 e. The van der Waals surface area contributed by atoms with E-state index in [1.54, 1.807) is 24.4 Å². The van der Waals surface area contributed by atoms with Crippen LogP contribution in [0, 0.1) is 5.82 Å². The lowest BCUT2D eigenvalue weighted by Gasteiger charge is -2.14. The summed E-state index contributed by atoms with van der Waals surface area (Å²) in [5.41, 5.74) is 3.57. The Hall–Kier alpha value is -0.890. The van der Waals surface area contributed by atoms with Gasteiger partial charge in [-0.3, -0.25) is 5.84 Å². The molecule has 0 bridgehead atoms. The Morgan fingerprint density at radius 1 is 1.50 bits per heavy atom. The molecule has 0 aliphatic heterocycles. The molecule has 0 fully saturated rings. The lowest BCUT2D eigenvalue weighted by atomic mass is 10.0.